The van der Waals surface area contributed by atoms with Crippen LogP contribution in [-0.2, 0) is 16.6 Å². The molecule has 0 atom stereocenters. The van der Waals surface area contributed by atoms with E-state index in [1.165, 1.54) is 0 Å². The first-order valence-corrected chi connectivity index (χ1v) is 7.71. The quantitative estimate of drug-likeness (QED) is 0.868. The van der Waals surface area contributed by atoms with Crippen LogP contribution >= 0.6 is 23.2 Å². The highest BCUT2D eigenvalue weighted by Gasteiger charge is 2.19. The average Bonchev–Trinajstić information content (AvgIpc) is 2.41. The number of hydrogen-bond donors (Lipinski definition) is 1. The summed E-state index contributed by atoms with van der Waals surface area (Å²) in [5.74, 6) is -0.136. The minimum atomic E-state index is -0.136. The first-order valence-electron chi connectivity index (χ1n) is 6.95. The van der Waals surface area contributed by atoms with Crippen LogP contribution in [0.1, 0.15) is 31.9 Å². The van der Waals surface area contributed by atoms with Crippen LogP contribution in [-0.4, -0.2) is 10.9 Å². The minimum Gasteiger partial charge on any atom is -0.324 e. The third-order valence-corrected chi connectivity index (χ3v) is 3.86. The van der Waals surface area contributed by atoms with Crippen molar-refractivity contribution in [3.63, 3.8) is 0 Å². The summed E-state index contributed by atoms with van der Waals surface area (Å²) in [6.45, 7) is 6.27. The first-order chi connectivity index (χ1) is 10.3. The van der Waals surface area contributed by atoms with Crippen LogP contribution in [0, 0.1) is 0 Å². The van der Waals surface area contributed by atoms with Crippen molar-refractivity contribution in [2.24, 2.45) is 0 Å². The van der Waals surface area contributed by atoms with Crippen molar-refractivity contribution in [2.45, 2.75) is 32.6 Å². The number of halogens is 2. The van der Waals surface area contributed by atoms with Crippen molar-refractivity contribution >= 4 is 34.8 Å². The molecular formula is C17H18Cl2N2O. The molecule has 0 radical (unpaired) electrons. The lowest BCUT2D eigenvalue weighted by Crippen LogP contribution is -2.20. The van der Waals surface area contributed by atoms with Gasteiger partial charge in [0.05, 0.1) is 18.3 Å². The molecule has 0 spiro atoms. The Kier molecular flexibility index (Phi) is 5.09. The van der Waals surface area contributed by atoms with Gasteiger partial charge in [-0.3, -0.25) is 9.78 Å². The maximum atomic E-state index is 12.3. The number of benzene rings is 1. The van der Waals surface area contributed by atoms with Gasteiger partial charge in [-0.05, 0) is 34.7 Å². The van der Waals surface area contributed by atoms with E-state index < -0.39 is 0 Å². The van der Waals surface area contributed by atoms with Gasteiger partial charge in [-0.1, -0.05) is 50.0 Å². The molecule has 2 rings (SSSR count). The van der Waals surface area contributed by atoms with E-state index >= 15 is 0 Å². The molecule has 3 nitrogen and oxygen atoms in total. The number of aromatic nitrogens is 1. The number of nitrogens with zero attached hydrogens (tertiary/aromatic N) is 1. The van der Waals surface area contributed by atoms with Crippen molar-refractivity contribution in [3.05, 3.63) is 57.8 Å². The highest BCUT2D eigenvalue weighted by molar-refractivity contribution is 6.35. The van der Waals surface area contributed by atoms with Gasteiger partial charge in [0.25, 0.3) is 0 Å². The molecule has 0 unspecified atom stereocenters. The zero-order chi connectivity index (χ0) is 16.3. The fourth-order valence-corrected chi connectivity index (χ4v) is 2.66. The van der Waals surface area contributed by atoms with Crippen molar-refractivity contribution in [1.82, 2.24) is 4.98 Å². The lowest BCUT2D eigenvalue weighted by molar-refractivity contribution is -0.115. The van der Waals surface area contributed by atoms with Crippen molar-refractivity contribution in [1.29, 1.82) is 0 Å². The van der Waals surface area contributed by atoms with Gasteiger partial charge in [-0.15, -0.1) is 0 Å². The van der Waals surface area contributed by atoms with Gasteiger partial charge in [0.2, 0.25) is 5.91 Å². The molecule has 0 aliphatic heterocycles. The normalized spacial score (nSPS) is 11.3. The molecule has 5 heteroatoms. The molecule has 22 heavy (non-hydrogen) atoms. The zero-order valence-corrected chi connectivity index (χ0v) is 14.3. The number of carbonyl (C=O) groups is 1. The van der Waals surface area contributed by atoms with Gasteiger partial charge in [-0.2, -0.15) is 0 Å². The predicted octanol–water partition coefficient (Wildman–Crippen LogP) is 4.87. The fraction of sp³-hybridized carbons (Fsp3) is 0.294. The Labute approximate surface area is 140 Å². The second-order valence-corrected chi connectivity index (χ2v) is 6.98. The van der Waals surface area contributed by atoms with Crippen LogP contribution in [0.15, 0.2) is 36.7 Å². The average molecular weight is 337 g/mol. The molecule has 0 bridgehead atoms. The molecule has 1 aromatic heterocycles. The van der Waals surface area contributed by atoms with E-state index in [2.05, 4.69) is 31.1 Å². The molecule has 0 aliphatic rings. The van der Waals surface area contributed by atoms with E-state index in [-0.39, 0.29) is 17.7 Å². The smallest absolute Gasteiger partial charge is 0.228 e. The van der Waals surface area contributed by atoms with E-state index in [0.717, 1.165) is 16.8 Å². The molecule has 1 heterocycles. The van der Waals surface area contributed by atoms with Crippen LogP contribution in [0.5, 0.6) is 0 Å². The second-order valence-electron chi connectivity index (χ2n) is 6.13. The zero-order valence-electron chi connectivity index (χ0n) is 12.8. The maximum absolute atomic E-state index is 12.3. The van der Waals surface area contributed by atoms with Gasteiger partial charge in [0.1, 0.15) is 0 Å². The Morgan fingerprint density at radius 3 is 2.59 bits per heavy atom. The summed E-state index contributed by atoms with van der Waals surface area (Å²) >= 11 is 12.0. The number of nitrogens with one attached hydrogen (secondary N) is 1. The van der Waals surface area contributed by atoms with E-state index in [1.54, 1.807) is 30.6 Å². The Morgan fingerprint density at radius 2 is 1.95 bits per heavy atom. The molecule has 0 saturated heterocycles. The predicted molar refractivity (Wildman–Crippen MR) is 91.7 cm³/mol. The standard InChI is InChI=1S/C17H18Cl2N2O/c1-17(2,3)13-6-7-20-10-15(13)21-16(22)8-11-4-5-12(18)9-14(11)19/h4-7,9-10H,8H2,1-3H3,(H,21,22). The summed E-state index contributed by atoms with van der Waals surface area (Å²) in [7, 11) is 0. The van der Waals surface area contributed by atoms with Crippen LogP contribution in [0.3, 0.4) is 0 Å². The highest BCUT2D eigenvalue weighted by atomic mass is 35.5. The third-order valence-electron chi connectivity index (χ3n) is 3.27. The fourth-order valence-electron chi connectivity index (χ4n) is 2.18. The van der Waals surface area contributed by atoms with Gasteiger partial charge in [-0.25, -0.2) is 0 Å². The summed E-state index contributed by atoms with van der Waals surface area (Å²) in [6, 6.07) is 7.04. The minimum absolute atomic E-state index is 0.0799. The molecule has 1 amide bonds. The lowest BCUT2D eigenvalue weighted by atomic mass is 9.86. The number of pyridine rings is 1. The van der Waals surface area contributed by atoms with Crippen LogP contribution in [0.4, 0.5) is 5.69 Å². The van der Waals surface area contributed by atoms with Crippen molar-refractivity contribution in [2.75, 3.05) is 5.32 Å². The van der Waals surface area contributed by atoms with Crippen LogP contribution in [0.25, 0.3) is 0 Å². The van der Waals surface area contributed by atoms with Crippen molar-refractivity contribution < 1.29 is 4.79 Å². The SMILES string of the molecule is CC(C)(C)c1ccncc1NC(=O)Cc1ccc(Cl)cc1Cl. The lowest BCUT2D eigenvalue weighted by Gasteiger charge is -2.22. The topological polar surface area (TPSA) is 42.0 Å². The molecule has 0 aliphatic carbocycles. The molecule has 1 aromatic carbocycles. The molecular weight excluding hydrogens is 319 g/mol. The number of carbonyl (C=O) groups excluding carboxylic acids is 1. The van der Waals surface area contributed by atoms with Gasteiger partial charge >= 0.3 is 0 Å². The Morgan fingerprint density at radius 1 is 1.23 bits per heavy atom. The highest BCUT2D eigenvalue weighted by Crippen LogP contribution is 2.29. The molecule has 0 fully saturated rings. The van der Waals surface area contributed by atoms with Gasteiger partial charge in [0.15, 0.2) is 0 Å². The molecule has 0 saturated carbocycles. The molecule has 2 aromatic rings. The summed E-state index contributed by atoms with van der Waals surface area (Å²) < 4.78 is 0. The maximum Gasteiger partial charge on any atom is 0.228 e. The van der Waals surface area contributed by atoms with E-state index in [4.69, 9.17) is 23.2 Å². The second kappa shape index (κ2) is 6.67. The molecule has 1 N–H and O–H groups in total. The summed E-state index contributed by atoms with van der Waals surface area (Å²) in [4.78, 5) is 16.4. The monoisotopic (exact) mass is 336 g/mol. The first kappa shape index (κ1) is 16.8. The summed E-state index contributed by atoms with van der Waals surface area (Å²) in [6.07, 6.45) is 3.59. The van der Waals surface area contributed by atoms with Crippen molar-refractivity contribution in [3.8, 4) is 0 Å². The third kappa shape index (κ3) is 4.21. The molecule has 116 valence electrons. The summed E-state index contributed by atoms with van der Waals surface area (Å²) in [5, 5.41) is 3.96. The van der Waals surface area contributed by atoms with Gasteiger partial charge < -0.3 is 5.32 Å². The number of anilines is 1. The Bertz CT molecular complexity index is 693. The van der Waals surface area contributed by atoms with E-state index in [1.807, 2.05) is 6.07 Å². The Balaban J connectivity index is 2.16. The number of amides is 1. The number of rotatable bonds is 3. The number of hydrogen-bond acceptors (Lipinski definition) is 2. The van der Waals surface area contributed by atoms with Crippen LogP contribution < -0.4 is 5.32 Å². The van der Waals surface area contributed by atoms with E-state index in [9.17, 15) is 4.79 Å². The largest absolute Gasteiger partial charge is 0.324 e. The Hall–Kier alpha value is -1.58. The van der Waals surface area contributed by atoms with Crippen LogP contribution in [0.2, 0.25) is 10.0 Å². The van der Waals surface area contributed by atoms with Gasteiger partial charge in [0, 0.05) is 16.2 Å². The van der Waals surface area contributed by atoms with E-state index in [0.29, 0.717) is 10.0 Å². The summed E-state index contributed by atoms with van der Waals surface area (Å²) in [5.41, 5.74) is 2.43.